The van der Waals surface area contributed by atoms with Crippen molar-refractivity contribution in [2.75, 3.05) is 32.8 Å². The van der Waals surface area contributed by atoms with Gasteiger partial charge in [-0.15, -0.1) is 0 Å². The molecule has 7 nitrogen and oxygen atoms in total. The minimum absolute atomic E-state index is 0.0475. The van der Waals surface area contributed by atoms with Crippen molar-refractivity contribution >= 4 is 11.8 Å². The van der Waals surface area contributed by atoms with Crippen molar-refractivity contribution in [3.8, 4) is 11.5 Å². The molecule has 27 heavy (non-hydrogen) atoms. The largest absolute Gasteiger partial charge is 0.486 e. The fourth-order valence-electron chi connectivity index (χ4n) is 3.74. The Kier molecular flexibility index (Phi) is 6.21. The Bertz CT molecular complexity index is 692. The Morgan fingerprint density at radius 2 is 2.00 bits per heavy atom. The number of carbonyl (C=O) groups is 2. The number of rotatable bonds is 6. The van der Waals surface area contributed by atoms with E-state index >= 15 is 0 Å². The number of carbonyl (C=O) groups excluding carboxylic acids is 2. The van der Waals surface area contributed by atoms with Crippen LogP contribution in [0.5, 0.6) is 11.5 Å². The molecule has 2 amide bonds. The van der Waals surface area contributed by atoms with Crippen molar-refractivity contribution in [3.63, 3.8) is 0 Å². The highest BCUT2D eigenvalue weighted by molar-refractivity contribution is 5.79. The first kappa shape index (κ1) is 19.5. The van der Waals surface area contributed by atoms with Gasteiger partial charge in [-0.25, -0.2) is 0 Å². The Labute approximate surface area is 160 Å². The molecule has 2 atom stereocenters. The summed E-state index contributed by atoms with van der Waals surface area (Å²) in [6.45, 7) is 6.88. The average Bonchev–Trinajstić information content (AvgIpc) is 2.65. The van der Waals surface area contributed by atoms with Gasteiger partial charge in [0.05, 0.1) is 18.5 Å². The topological polar surface area (TPSA) is 93.9 Å². The van der Waals surface area contributed by atoms with Crippen LogP contribution in [0.1, 0.15) is 38.3 Å². The number of benzene rings is 1. The van der Waals surface area contributed by atoms with Crippen LogP contribution >= 0.6 is 0 Å². The summed E-state index contributed by atoms with van der Waals surface area (Å²) in [5.74, 6) is 1.19. The molecule has 0 saturated carbocycles. The third-order valence-electron chi connectivity index (χ3n) is 5.18. The molecule has 1 aromatic carbocycles. The van der Waals surface area contributed by atoms with E-state index in [4.69, 9.17) is 15.2 Å². The molecule has 3 rings (SSSR count). The first-order chi connectivity index (χ1) is 12.9. The summed E-state index contributed by atoms with van der Waals surface area (Å²) in [6, 6.07) is 5.70. The number of fused-ring (bicyclic) bond motifs is 1. The van der Waals surface area contributed by atoms with E-state index < -0.39 is 0 Å². The Hall–Kier alpha value is -2.28. The molecule has 0 bridgehead atoms. The highest BCUT2D eigenvalue weighted by atomic mass is 16.6. The van der Waals surface area contributed by atoms with Crippen LogP contribution < -0.4 is 20.5 Å². The Morgan fingerprint density at radius 3 is 2.70 bits per heavy atom. The molecule has 3 N–H and O–H groups in total. The molecule has 0 aliphatic carbocycles. The summed E-state index contributed by atoms with van der Waals surface area (Å²) in [4.78, 5) is 26.1. The summed E-state index contributed by atoms with van der Waals surface area (Å²) in [5.41, 5.74) is 6.42. The maximum absolute atomic E-state index is 12.6. The van der Waals surface area contributed by atoms with E-state index in [2.05, 4.69) is 19.2 Å². The van der Waals surface area contributed by atoms with E-state index in [1.807, 2.05) is 23.1 Å². The van der Waals surface area contributed by atoms with Crippen LogP contribution in [0.3, 0.4) is 0 Å². The van der Waals surface area contributed by atoms with Gasteiger partial charge in [0, 0.05) is 6.54 Å². The van der Waals surface area contributed by atoms with E-state index in [0.29, 0.717) is 19.8 Å². The van der Waals surface area contributed by atoms with Gasteiger partial charge in [-0.2, -0.15) is 0 Å². The number of hydrogen-bond donors (Lipinski definition) is 2. The number of nitrogens with one attached hydrogen (secondary N) is 1. The standard InChI is InChI=1S/C20H29N3O4/c1-13(2)19(14-5-6-16-17(10-14)27-9-8-26-16)22-18(24)12-23-7-3-4-15(11-23)20(21)25/h5-6,10,13,15,19H,3-4,7-9,11-12H2,1-2H3,(H2,21,25)(H,22,24)/t15-,19-/m0/s1. The molecule has 1 fully saturated rings. The molecule has 7 heteroatoms. The zero-order valence-electron chi connectivity index (χ0n) is 16.1. The minimum Gasteiger partial charge on any atom is -0.486 e. The van der Waals surface area contributed by atoms with Crippen LogP contribution in [0.25, 0.3) is 0 Å². The molecular formula is C20H29N3O4. The fourth-order valence-corrected chi connectivity index (χ4v) is 3.74. The zero-order valence-corrected chi connectivity index (χ0v) is 16.1. The molecular weight excluding hydrogens is 346 g/mol. The van der Waals surface area contributed by atoms with E-state index in [1.165, 1.54) is 0 Å². The van der Waals surface area contributed by atoms with Crippen molar-refractivity contribution in [2.24, 2.45) is 17.6 Å². The maximum Gasteiger partial charge on any atom is 0.234 e. The molecule has 0 unspecified atom stereocenters. The lowest BCUT2D eigenvalue weighted by molar-refractivity contribution is -0.127. The Balaban J connectivity index is 1.64. The average molecular weight is 375 g/mol. The van der Waals surface area contributed by atoms with Gasteiger partial charge in [0.15, 0.2) is 11.5 Å². The van der Waals surface area contributed by atoms with Crippen molar-refractivity contribution < 1.29 is 19.1 Å². The normalized spacial score (nSPS) is 20.9. The maximum atomic E-state index is 12.6. The van der Waals surface area contributed by atoms with E-state index in [-0.39, 0.29) is 36.2 Å². The molecule has 1 aromatic rings. The van der Waals surface area contributed by atoms with Gasteiger partial charge >= 0.3 is 0 Å². The van der Waals surface area contributed by atoms with Crippen LogP contribution in [0.4, 0.5) is 0 Å². The van der Waals surface area contributed by atoms with Crippen molar-refractivity contribution in [3.05, 3.63) is 23.8 Å². The second kappa shape index (κ2) is 8.61. The predicted molar refractivity (Wildman–Crippen MR) is 102 cm³/mol. The van der Waals surface area contributed by atoms with Gasteiger partial charge in [-0.05, 0) is 43.0 Å². The third kappa shape index (κ3) is 4.91. The molecule has 148 valence electrons. The van der Waals surface area contributed by atoms with Crippen LogP contribution in [-0.4, -0.2) is 49.6 Å². The van der Waals surface area contributed by atoms with Gasteiger partial charge in [0.25, 0.3) is 0 Å². The summed E-state index contributed by atoms with van der Waals surface area (Å²) in [7, 11) is 0. The number of nitrogens with zero attached hydrogens (tertiary/aromatic N) is 1. The monoisotopic (exact) mass is 375 g/mol. The van der Waals surface area contributed by atoms with Crippen molar-refractivity contribution in [1.29, 1.82) is 0 Å². The van der Waals surface area contributed by atoms with Gasteiger partial charge in [-0.3, -0.25) is 14.5 Å². The van der Waals surface area contributed by atoms with Crippen LogP contribution in [-0.2, 0) is 9.59 Å². The summed E-state index contributed by atoms with van der Waals surface area (Å²) in [5, 5.41) is 3.14. The number of likely N-dealkylation sites (tertiary alicyclic amines) is 1. The molecule has 0 radical (unpaired) electrons. The van der Waals surface area contributed by atoms with E-state index in [0.717, 1.165) is 36.4 Å². The lowest BCUT2D eigenvalue weighted by Gasteiger charge is -2.31. The zero-order chi connectivity index (χ0) is 19.4. The lowest BCUT2D eigenvalue weighted by Crippen LogP contribution is -2.46. The van der Waals surface area contributed by atoms with Gasteiger partial charge in [0.1, 0.15) is 13.2 Å². The highest BCUT2D eigenvalue weighted by Crippen LogP contribution is 2.34. The molecule has 2 aliphatic rings. The first-order valence-electron chi connectivity index (χ1n) is 9.64. The molecule has 0 aromatic heterocycles. The number of amides is 2. The summed E-state index contributed by atoms with van der Waals surface area (Å²) >= 11 is 0. The van der Waals surface area contributed by atoms with Crippen molar-refractivity contribution in [2.45, 2.75) is 32.7 Å². The molecule has 1 saturated heterocycles. The minimum atomic E-state index is -0.281. The SMILES string of the molecule is CC(C)[C@H](NC(=O)CN1CCC[C@H](C(N)=O)C1)c1ccc2c(c1)OCCO2. The smallest absolute Gasteiger partial charge is 0.234 e. The van der Waals surface area contributed by atoms with Gasteiger partial charge in [0.2, 0.25) is 11.8 Å². The van der Waals surface area contributed by atoms with Gasteiger partial charge < -0.3 is 20.5 Å². The van der Waals surface area contributed by atoms with E-state index in [9.17, 15) is 9.59 Å². The number of primary amides is 1. The number of nitrogens with two attached hydrogens (primary N) is 1. The molecule has 2 heterocycles. The van der Waals surface area contributed by atoms with Crippen LogP contribution in [0, 0.1) is 11.8 Å². The number of hydrogen-bond acceptors (Lipinski definition) is 5. The summed E-state index contributed by atoms with van der Waals surface area (Å²) < 4.78 is 11.2. The van der Waals surface area contributed by atoms with Crippen molar-refractivity contribution in [1.82, 2.24) is 10.2 Å². The third-order valence-corrected chi connectivity index (χ3v) is 5.18. The van der Waals surface area contributed by atoms with Gasteiger partial charge in [-0.1, -0.05) is 19.9 Å². The fraction of sp³-hybridized carbons (Fsp3) is 0.600. The number of ether oxygens (including phenoxy) is 2. The molecule has 2 aliphatic heterocycles. The second-order valence-corrected chi connectivity index (χ2v) is 7.67. The quantitative estimate of drug-likeness (QED) is 0.785. The summed E-state index contributed by atoms with van der Waals surface area (Å²) in [6.07, 6.45) is 1.69. The van der Waals surface area contributed by atoms with Crippen LogP contribution in [0.15, 0.2) is 18.2 Å². The van der Waals surface area contributed by atoms with E-state index in [1.54, 1.807) is 0 Å². The Morgan fingerprint density at radius 1 is 1.26 bits per heavy atom. The second-order valence-electron chi connectivity index (χ2n) is 7.67. The molecule has 0 spiro atoms. The van der Waals surface area contributed by atoms with Crippen LogP contribution in [0.2, 0.25) is 0 Å². The highest BCUT2D eigenvalue weighted by Gasteiger charge is 2.27. The predicted octanol–water partition coefficient (Wildman–Crippen LogP) is 1.47. The lowest BCUT2D eigenvalue weighted by atomic mass is 9.95. The number of piperidine rings is 1. The first-order valence-corrected chi connectivity index (χ1v) is 9.64.